The van der Waals surface area contributed by atoms with Crippen molar-refractivity contribution in [2.24, 2.45) is 0 Å². The molecule has 180 valence electrons. The molecule has 34 heavy (non-hydrogen) atoms. The van der Waals surface area contributed by atoms with Gasteiger partial charge in [-0.3, -0.25) is 9.52 Å². The molecule has 0 radical (unpaired) electrons. The zero-order valence-corrected chi connectivity index (χ0v) is 19.9. The quantitative estimate of drug-likeness (QED) is 0.351. The van der Waals surface area contributed by atoms with Crippen molar-refractivity contribution in [1.29, 1.82) is 0 Å². The van der Waals surface area contributed by atoms with Gasteiger partial charge in [0.1, 0.15) is 5.75 Å². The molecule has 0 heterocycles. The molecule has 6 nitrogen and oxygen atoms in total. The van der Waals surface area contributed by atoms with E-state index in [0.29, 0.717) is 11.1 Å². The predicted molar refractivity (Wildman–Crippen MR) is 124 cm³/mol. The number of halogens is 6. The summed E-state index contributed by atoms with van der Waals surface area (Å²) in [4.78, 5) is 11.9. The van der Waals surface area contributed by atoms with Crippen LogP contribution in [0.4, 0.5) is 24.5 Å². The number of alkyl halides is 3. The molecule has 0 aliphatic heterocycles. The highest BCUT2D eigenvalue weighted by Crippen LogP contribution is 2.36. The Morgan fingerprint density at radius 1 is 0.882 bits per heavy atom. The van der Waals surface area contributed by atoms with Gasteiger partial charge in [-0.2, -0.15) is 13.2 Å². The largest absolute Gasteiger partial charge is 0.482 e. The summed E-state index contributed by atoms with van der Waals surface area (Å²) >= 11 is 17.4. The number of hydrogen-bond acceptors (Lipinski definition) is 4. The first-order valence-corrected chi connectivity index (χ1v) is 11.8. The third kappa shape index (κ3) is 6.69. The van der Waals surface area contributed by atoms with Crippen molar-refractivity contribution in [3.8, 4) is 5.75 Å². The first kappa shape index (κ1) is 26.0. The molecule has 0 fully saturated rings. The lowest BCUT2D eigenvalue weighted by Crippen LogP contribution is -2.20. The molecule has 0 atom stereocenters. The fourth-order valence-corrected chi connectivity index (χ4v) is 4.39. The minimum atomic E-state index is -4.69. The van der Waals surface area contributed by atoms with Gasteiger partial charge in [-0.15, -0.1) is 0 Å². The van der Waals surface area contributed by atoms with E-state index in [1.165, 1.54) is 42.5 Å². The molecule has 13 heteroatoms. The summed E-state index contributed by atoms with van der Waals surface area (Å²) in [5, 5.41) is 2.09. The van der Waals surface area contributed by atoms with E-state index in [4.69, 9.17) is 39.5 Å². The Labute approximate surface area is 207 Å². The summed E-state index contributed by atoms with van der Waals surface area (Å²) in [5.74, 6) is -0.776. The van der Waals surface area contributed by atoms with Crippen molar-refractivity contribution >= 4 is 62.1 Å². The number of benzene rings is 3. The van der Waals surface area contributed by atoms with Gasteiger partial charge in [-0.05, 0) is 60.7 Å². The lowest BCUT2D eigenvalue weighted by Gasteiger charge is -2.13. The maximum atomic E-state index is 12.9. The van der Waals surface area contributed by atoms with Crippen LogP contribution in [0.1, 0.15) is 5.56 Å². The topological polar surface area (TPSA) is 84.5 Å². The molecule has 0 aliphatic carbocycles. The average molecular weight is 554 g/mol. The second-order valence-corrected chi connectivity index (χ2v) is 9.67. The molecule has 3 aromatic rings. The number of anilines is 2. The van der Waals surface area contributed by atoms with E-state index in [1.807, 2.05) is 0 Å². The van der Waals surface area contributed by atoms with Gasteiger partial charge < -0.3 is 10.1 Å². The Balaban J connectivity index is 1.65. The lowest BCUT2D eigenvalue weighted by molar-refractivity contribution is -0.137. The van der Waals surface area contributed by atoms with Crippen LogP contribution in [0.15, 0.2) is 65.6 Å². The predicted octanol–water partition coefficient (Wildman–Crippen LogP) is 6.48. The highest BCUT2D eigenvalue weighted by molar-refractivity contribution is 7.92. The zero-order valence-electron chi connectivity index (χ0n) is 16.8. The van der Waals surface area contributed by atoms with Crippen molar-refractivity contribution in [2.75, 3.05) is 16.6 Å². The Morgan fingerprint density at radius 2 is 1.53 bits per heavy atom. The van der Waals surface area contributed by atoms with Gasteiger partial charge in [0.05, 0.1) is 20.5 Å². The molecule has 0 saturated heterocycles. The lowest BCUT2D eigenvalue weighted by atomic mass is 10.2. The molecule has 0 unspecified atom stereocenters. The first-order valence-electron chi connectivity index (χ1n) is 9.22. The summed E-state index contributed by atoms with van der Waals surface area (Å²) in [6.45, 7) is -0.598. The van der Waals surface area contributed by atoms with Crippen LogP contribution in [-0.4, -0.2) is 20.9 Å². The third-order valence-corrected chi connectivity index (χ3v) is 6.48. The number of amides is 1. The van der Waals surface area contributed by atoms with Crippen LogP contribution in [0.5, 0.6) is 5.75 Å². The minimum Gasteiger partial charge on any atom is -0.482 e. The Kier molecular flexibility index (Phi) is 7.87. The maximum absolute atomic E-state index is 12.9. The number of rotatable bonds is 7. The van der Waals surface area contributed by atoms with Gasteiger partial charge in [-0.25, -0.2) is 8.42 Å². The number of carbonyl (C=O) groups excluding carboxylic acids is 1. The molecular formula is C21H14Cl3F3N2O4S. The van der Waals surface area contributed by atoms with Crippen molar-refractivity contribution in [3.63, 3.8) is 0 Å². The van der Waals surface area contributed by atoms with Crippen LogP contribution in [0.2, 0.25) is 15.1 Å². The Bertz CT molecular complexity index is 1320. The molecule has 0 bridgehead atoms. The monoisotopic (exact) mass is 552 g/mol. The van der Waals surface area contributed by atoms with Crippen LogP contribution < -0.4 is 14.8 Å². The first-order chi connectivity index (χ1) is 15.8. The summed E-state index contributed by atoms with van der Waals surface area (Å²) in [5.41, 5.74) is -0.945. The van der Waals surface area contributed by atoms with Crippen LogP contribution in [0, 0.1) is 0 Å². The number of nitrogens with one attached hydrogen (secondary N) is 2. The molecule has 3 rings (SSSR count). The highest BCUT2D eigenvalue weighted by atomic mass is 35.5. The summed E-state index contributed by atoms with van der Waals surface area (Å²) in [6.07, 6.45) is -4.69. The van der Waals surface area contributed by atoms with E-state index in [0.717, 1.165) is 12.1 Å². The minimum absolute atomic E-state index is 0.00523. The number of ether oxygens (including phenoxy) is 1. The fraction of sp³-hybridized carbons (Fsp3) is 0.0952. The Morgan fingerprint density at radius 3 is 2.15 bits per heavy atom. The summed E-state index contributed by atoms with van der Waals surface area (Å²) < 4.78 is 71.6. The third-order valence-electron chi connectivity index (χ3n) is 4.22. The van der Waals surface area contributed by atoms with Crippen LogP contribution in [-0.2, 0) is 21.0 Å². The molecule has 2 N–H and O–H groups in total. The zero-order chi connectivity index (χ0) is 25.1. The van der Waals surface area contributed by atoms with Gasteiger partial charge in [0, 0.05) is 16.4 Å². The van der Waals surface area contributed by atoms with Crippen molar-refractivity contribution in [2.45, 2.75) is 11.1 Å². The van der Waals surface area contributed by atoms with E-state index >= 15 is 0 Å². The van der Waals surface area contributed by atoms with Crippen LogP contribution in [0.25, 0.3) is 0 Å². The van der Waals surface area contributed by atoms with Crippen LogP contribution >= 0.6 is 34.8 Å². The summed E-state index contributed by atoms with van der Waals surface area (Å²) in [7, 11) is -3.97. The van der Waals surface area contributed by atoms with E-state index < -0.39 is 39.3 Å². The average Bonchev–Trinajstić information content (AvgIpc) is 2.75. The second-order valence-electron chi connectivity index (χ2n) is 6.73. The summed E-state index contributed by atoms with van der Waals surface area (Å²) in [6, 6.07) is 12.5. The molecule has 1 amide bonds. The van der Waals surface area contributed by atoms with Gasteiger partial charge in [0.2, 0.25) is 0 Å². The van der Waals surface area contributed by atoms with Gasteiger partial charge >= 0.3 is 6.18 Å². The standard InChI is InChI=1S/C21H14Cl3F3N2O4S/c22-12-1-3-13(4-2-12)29-34(31,32)15-6-8-19(18(24)10-15)33-11-20(30)28-14-5-7-17(23)16(9-14)21(25,26)27/h1-10,29H,11H2,(H,28,30). The number of hydrogen-bond donors (Lipinski definition) is 2. The van der Waals surface area contributed by atoms with E-state index in [9.17, 15) is 26.4 Å². The van der Waals surface area contributed by atoms with E-state index in [-0.39, 0.29) is 27.0 Å². The SMILES string of the molecule is O=C(COc1ccc(S(=O)(=O)Nc2ccc(Cl)cc2)cc1Cl)Nc1ccc(Cl)c(C(F)(F)F)c1. The second kappa shape index (κ2) is 10.3. The van der Waals surface area contributed by atoms with Crippen LogP contribution in [0.3, 0.4) is 0 Å². The molecular weight excluding hydrogens is 540 g/mol. The highest BCUT2D eigenvalue weighted by Gasteiger charge is 2.33. The molecule has 0 spiro atoms. The van der Waals surface area contributed by atoms with E-state index in [2.05, 4.69) is 10.0 Å². The van der Waals surface area contributed by atoms with Gasteiger partial charge in [-0.1, -0.05) is 34.8 Å². The molecule has 0 aromatic heterocycles. The Hall–Kier alpha value is -2.66. The fourth-order valence-electron chi connectivity index (χ4n) is 2.66. The smallest absolute Gasteiger partial charge is 0.417 e. The molecule has 3 aromatic carbocycles. The maximum Gasteiger partial charge on any atom is 0.417 e. The van der Waals surface area contributed by atoms with Gasteiger partial charge in [0.15, 0.2) is 6.61 Å². The van der Waals surface area contributed by atoms with Gasteiger partial charge in [0.25, 0.3) is 15.9 Å². The van der Waals surface area contributed by atoms with E-state index in [1.54, 1.807) is 0 Å². The van der Waals surface area contributed by atoms with Crippen molar-refractivity contribution < 1.29 is 31.1 Å². The molecule has 0 saturated carbocycles. The molecule has 0 aliphatic rings. The normalized spacial score (nSPS) is 11.7. The van der Waals surface area contributed by atoms with Crippen molar-refractivity contribution in [3.05, 3.63) is 81.3 Å². The van der Waals surface area contributed by atoms with Crippen molar-refractivity contribution in [1.82, 2.24) is 0 Å². The number of carbonyl (C=O) groups is 1. The number of sulfonamides is 1.